The Morgan fingerprint density at radius 3 is 2.30 bits per heavy atom. The van der Waals surface area contributed by atoms with Crippen LogP contribution in [0.4, 0.5) is 5.69 Å². The quantitative estimate of drug-likeness (QED) is 0.361. The normalized spacial score (nSPS) is 15.8. The van der Waals surface area contributed by atoms with E-state index in [1.54, 1.807) is 13.8 Å². The van der Waals surface area contributed by atoms with Crippen molar-refractivity contribution >= 4 is 30.1 Å². The minimum Gasteiger partial charge on any atom is -0.418 e. The van der Waals surface area contributed by atoms with Crippen molar-refractivity contribution in [2.75, 3.05) is 0 Å². The number of benzene rings is 1. The van der Waals surface area contributed by atoms with Gasteiger partial charge in [0.2, 0.25) is 5.75 Å². The molecule has 0 spiro atoms. The maximum absolute atomic E-state index is 12.6. The molecule has 0 aromatic heterocycles. The predicted molar refractivity (Wildman–Crippen MR) is 92.6 cm³/mol. The summed E-state index contributed by atoms with van der Waals surface area (Å²) in [6.45, 7) is -0.917. The van der Waals surface area contributed by atoms with Gasteiger partial charge in [-0.15, -0.1) is 0 Å². The Kier molecular flexibility index (Phi) is 9.05. The van der Waals surface area contributed by atoms with Gasteiger partial charge in [-0.2, -0.15) is 0 Å². The fraction of sp³-hybridized carbons (Fsp3) is 0.455. The highest BCUT2D eigenvalue weighted by molar-refractivity contribution is 8.85. The van der Waals surface area contributed by atoms with Gasteiger partial charge in [-0.1, -0.05) is 26.0 Å². The first kappa shape index (κ1) is 22.1. The Hall–Kier alpha value is -0.890. The Morgan fingerprint density at radius 2 is 1.87 bits per heavy atom. The fourth-order valence-corrected chi connectivity index (χ4v) is 8.37. The smallest absolute Gasteiger partial charge is 0.385 e. The van der Waals surface area contributed by atoms with E-state index in [9.17, 15) is 24.1 Å². The van der Waals surface area contributed by atoms with Gasteiger partial charge in [0.25, 0.3) is 0 Å². The van der Waals surface area contributed by atoms with Crippen LogP contribution in [0.5, 0.6) is 5.75 Å². The van der Waals surface area contributed by atoms with Crippen molar-refractivity contribution in [3.8, 4) is 5.75 Å². The second-order valence-electron chi connectivity index (χ2n) is 4.24. The zero-order valence-electron chi connectivity index (χ0n) is 13.2. The topological polar surface area (TPSA) is 145 Å². The molecular formula is C11H21N3O6P2S. The summed E-state index contributed by atoms with van der Waals surface area (Å²) in [6, 6.07) is 4.91. The molecule has 0 saturated heterocycles. The van der Waals surface area contributed by atoms with Gasteiger partial charge in [-0.05, 0) is 19.9 Å². The lowest BCUT2D eigenvalue weighted by Gasteiger charge is -2.21. The predicted octanol–water partition coefficient (Wildman–Crippen LogP) is 3.90. The molecule has 0 saturated carbocycles. The summed E-state index contributed by atoms with van der Waals surface area (Å²) in [4.78, 5) is 19.4. The lowest BCUT2D eigenvalue weighted by molar-refractivity contribution is -0.385. The molecule has 0 aliphatic carbocycles. The van der Waals surface area contributed by atoms with Gasteiger partial charge in [0.05, 0.1) is 15.9 Å². The van der Waals surface area contributed by atoms with Crippen molar-refractivity contribution in [2.45, 2.75) is 33.7 Å². The van der Waals surface area contributed by atoms with Gasteiger partial charge in [0.15, 0.2) is 0 Å². The lowest BCUT2D eigenvalue weighted by Crippen LogP contribution is -2.21. The molecule has 0 fully saturated rings. The Bertz CT molecular complexity index is 622. The van der Waals surface area contributed by atoms with Crippen LogP contribution in [0.15, 0.2) is 24.3 Å². The molecule has 0 aliphatic rings. The molecule has 1 aromatic carbocycles. The average Bonchev–Trinajstić information content (AvgIpc) is 2.37. The molecule has 2 atom stereocenters. The van der Waals surface area contributed by atoms with E-state index in [4.69, 9.17) is 10.0 Å². The second kappa shape index (κ2) is 9.42. The van der Waals surface area contributed by atoms with Crippen molar-refractivity contribution in [1.29, 1.82) is 0 Å². The second-order valence-corrected chi connectivity index (χ2v) is 11.9. The molecule has 4 N–H and O–H groups in total. The number of nitro groups is 1. The van der Waals surface area contributed by atoms with Crippen LogP contribution in [0.25, 0.3) is 0 Å². The summed E-state index contributed by atoms with van der Waals surface area (Å²) in [5, 5.41) is 13.4. The Labute approximate surface area is 138 Å². The highest BCUT2D eigenvalue weighted by Crippen LogP contribution is 2.71. The van der Waals surface area contributed by atoms with E-state index in [1.165, 1.54) is 24.3 Å². The standard InChI is InChI=1S/C9H15N3O6P2S.C2H6/c1-7(2)11-20(17,21-19(10,15)16)18-9-6-4-3-5-8(9)12(13)14;1-2/h3-7H,1-2H3,(H,11,17)(H3,10,15,16);1-2H3. The summed E-state index contributed by atoms with van der Waals surface area (Å²) in [7, 11) is 0. The maximum Gasteiger partial charge on any atom is 0.385 e. The van der Waals surface area contributed by atoms with Crippen molar-refractivity contribution in [3.05, 3.63) is 34.4 Å². The number of nitrogens with two attached hydrogens (primary N) is 1. The summed E-state index contributed by atoms with van der Waals surface area (Å²) in [5.74, 6) is -0.278. The van der Waals surface area contributed by atoms with E-state index in [0.717, 1.165) is 0 Å². The van der Waals surface area contributed by atoms with E-state index in [-0.39, 0.29) is 22.8 Å². The van der Waals surface area contributed by atoms with E-state index in [2.05, 4.69) is 5.09 Å². The number of nitrogens with one attached hydrogen (secondary N) is 1. The van der Waals surface area contributed by atoms with Crippen molar-refractivity contribution in [3.63, 3.8) is 0 Å². The third-order valence-corrected chi connectivity index (χ3v) is 9.57. The molecular weight excluding hydrogens is 364 g/mol. The molecule has 23 heavy (non-hydrogen) atoms. The molecule has 0 radical (unpaired) electrons. The van der Waals surface area contributed by atoms with Crippen LogP contribution in [-0.2, 0) is 9.13 Å². The largest absolute Gasteiger partial charge is 0.418 e. The first-order chi connectivity index (χ1) is 10.5. The summed E-state index contributed by atoms with van der Waals surface area (Å²) >= 11 is 0.0363. The van der Waals surface area contributed by atoms with Crippen LogP contribution in [0.1, 0.15) is 27.7 Å². The van der Waals surface area contributed by atoms with E-state index >= 15 is 0 Å². The number of hydrogen-bond acceptors (Lipinski definition) is 6. The minimum atomic E-state index is -4.22. The van der Waals surface area contributed by atoms with Gasteiger partial charge in [0.1, 0.15) is 0 Å². The number of nitro benzene ring substituents is 1. The summed E-state index contributed by atoms with van der Waals surface area (Å²) in [6.07, 6.45) is 0. The number of hydrogen-bond donors (Lipinski definition) is 3. The monoisotopic (exact) mass is 385 g/mol. The third-order valence-electron chi connectivity index (χ3n) is 1.92. The molecule has 0 heterocycles. The number of rotatable bonds is 7. The summed E-state index contributed by atoms with van der Waals surface area (Å²) < 4.78 is 29.0. The first-order valence-electron chi connectivity index (χ1n) is 6.66. The molecule has 132 valence electrons. The molecule has 0 aliphatic heterocycles. The fourth-order valence-electron chi connectivity index (χ4n) is 1.35. The molecule has 0 amide bonds. The van der Waals surface area contributed by atoms with Crippen LogP contribution in [-0.4, -0.2) is 15.9 Å². The molecule has 0 bridgehead atoms. The van der Waals surface area contributed by atoms with Crippen LogP contribution < -0.4 is 15.1 Å². The van der Waals surface area contributed by atoms with Crippen LogP contribution >= 0.6 is 24.4 Å². The SMILES string of the molecule is CC.CC(C)NP(=O)(Oc1ccccc1[N+](=O)[O-])SP(N)(=O)O. The Balaban J connectivity index is 0.00000232. The third kappa shape index (κ3) is 8.50. The van der Waals surface area contributed by atoms with E-state index in [1.807, 2.05) is 13.8 Å². The van der Waals surface area contributed by atoms with Gasteiger partial charge < -0.3 is 9.42 Å². The highest BCUT2D eigenvalue weighted by Gasteiger charge is 2.36. The van der Waals surface area contributed by atoms with Gasteiger partial charge in [-0.25, -0.2) is 9.65 Å². The Morgan fingerprint density at radius 1 is 1.35 bits per heavy atom. The number of nitrogens with zero attached hydrogens (tertiary/aromatic N) is 1. The average molecular weight is 385 g/mol. The van der Waals surface area contributed by atoms with Crippen LogP contribution in [0, 0.1) is 10.1 Å². The van der Waals surface area contributed by atoms with Crippen molar-refractivity contribution in [1.82, 2.24) is 5.09 Å². The zero-order valence-corrected chi connectivity index (χ0v) is 15.8. The highest BCUT2D eigenvalue weighted by atomic mass is 33.1. The van der Waals surface area contributed by atoms with E-state index in [0.29, 0.717) is 0 Å². The van der Waals surface area contributed by atoms with Crippen molar-refractivity contribution in [2.24, 2.45) is 5.50 Å². The molecule has 2 unspecified atom stereocenters. The number of para-hydroxylation sites is 2. The molecule has 1 aromatic rings. The zero-order chi connectivity index (χ0) is 18.3. The maximum atomic E-state index is 12.6. The van der Waals surface area contributed by atoms with Crippen LogP contribution in [0.2, 0.25) is 0 Å². The van der Waals surface area contributed by atoms with Gasteiger partial charge >= 0.3 is 19.1 Å². The van der Waals surface area contributed by atoms with Crippen molar-refractivity contribution < 1.29 is 23.5 Å². The van der Waals surface area contributed by atoms with E-state index < -0.39 is 24.1 Å². The minimum absolute atomic E-state index is 0.0363. The van der Waals surface area contributed by atoms with Crippen LogP contribution in [0.3, 0.4) is 0 Å². The molecule has 1 rings (SSSR count). The molecule has 12 heteroatoms. The van der Waals surface area contributed by atoms with Gasteiger partial charge in [-0.3, -0.25) is 20.2 Å². The molecule has 9 nitrogen and oxygen atoms in total. The summed E-state index contributed by atoms with van der Waals surface area (Å²) in [5.41, 5.74) is 4.59. The lowest BCUT2D eigenvalue weighted by atomic mass is 10.3. The first-order valence-corrected chi connectivity index (χ1v) is 12.0. The van der Waals surface area contributed by atoms with Gasteiger partial charge in [0, 0.05) is 12.1 Å².